The zero-order valence-electron chi connectivity index (χ0n) is 10.0. The molecule has 0 spiro atoms. The molecule has 0 radical (unpaired) electrons. The summed E-state index contributed by atoms with van der Waals surface area (Å²) in [6, 6.07) is 0. The number of carbonyl (C=O) groups excluding carboxylic acids is 1. The molecule has 0 aliphatic carbocycles. The predicted molar refractivity (Wildman–Crippen MR) is 58.9 cm³/mol. The van der Waals surface area contributed by atoms with Crippen molar-refractivity contribution in [2.75, 3.05) is 13.2 Å². The standard InChI is InChI=1S/C11H17N3O3/c1-2-4-9-12-10(17-13-9)5-6-11(15)14-7-3-8-16-14/h2-8H2,1H3. The van der Waals surface area contributed by atoms with Crippen LogP contribution < -0.4 is 0 Å². The molecule has 0 bridgehead atoms. The molecule has 94 valence electrons. The third kappa shape index (κ3) is 3.26. The monoisotopic (exact) mass is 239 g/mol. The number of hydrogen-bond donors (Lipinski definition) is 0. The second-order valence-corrected chi connectivity index (χ2v) is 4.04. The van der Waals surface area contributed by atoms with Crippen LogP contribution in [0.3, 0.4) is 0 Å². The van der Waals surface area contributed by atoms with Gasteiger partial charge in [-0.15, -0.1) is 0 Å². The van der Waals surface area contributed by atoms with E-state index in [2.05, 4.69) is 17.1 Å². The number of rotatable bonds is 5. The fourth-order valence-electron chi connectivity index (χ4n) is 1.70. The number of carbonyl (C=O) groups is 1. The van der Waals surface area contributed by atoms with Crippen LogP contribution in [0, 0.1) is 0 Å². The van der Waals surface area contributed by atoms with Gasteiger partial charge in [-0.2, -0.15) is 4.98 Å². The largest absolute Gasteiger partial charge is 0.339 e. The van der Waals surface area contributed by atoms with Crippen molar-refractivity contribution in [3.8, 4) is 0 Å². The van der Waals surface area contributed by atoms with Gasteiger partial charge in [-0.3, -0.25) is 9.63 Å². The Labute approximate surface area is 99.9 Å². The van der Waals surface area contributed by atoms with Crippen molar-refractivity contribution in [3.05, 3.63) is 11.7 Å². The van der Waals surface area contributed by atoms with Crippen molar-refractivity contribution in [1.29, 1.82) is 0 Å². The van der Waals surface area contributed by atoms with Crippen molar-refractivity contribution < 1.29 is 14.2 Å². The van der Waals surface area contributed by atoms with E-state index in [0.29, 0.717) is 37.7 Å². The summed E-state index contributed by atoms with van der Waals surface area (Å²) >= 11 is 0. The third-order valence-corrected chi connectivity index (χ3v) is 2.57. The highest BCUT2D eigenvalue weighted by Crippen LogP contribution is 2.09. The van der Waals surface area contributed by atoms with E-state index in [4.69, 9.17) is 9.36 Å². The number of hydrogen-bond acceptors (Lipinski definition) is 5. The first kappa shape index (κ1) is 12.0. The number of amides is 1. The average Bonchev–Trinajstić information content (AvgIpc) is 2.97. The smallest absolute Gasteiger partial charge is 0.246 e. The molecule has 0 aromatic carbocycles. The molecule has 1 aliphatic rings. The first-order valence-corrected chi connectivity index (χ1v) is 6.04. The maximum atomic E-state index is 11.7. The van der Waals surface area contributed by atoms with E-state index >= 15 is 0 Å². The van der Waals surface area contributed by atoms with Crippen LogP contribution >= 0.6 is 0 Å². The van der Waals surface area contributed by atoms with Gasteiger partial charge in [0.05, 0.1) is 13.2 Å². The first-order chi connectivity index (χ1) is 8.29. The van der Waals surface area contributed by atoms with Crippen molar-refractivity contribution >= 4 is 5.91 Å². The molecule has 2 heterocycles. The third-order valence-electron chi connectivity index (χ3n) is 2.57. The summed E-state index contributed by atoms with van der Waals surface area (Å²) in [5.74, 6) is 1.23. The molecular formula is C11H17N3O3. The van der Waals surface area contributed by atoms with Gasteiger partial charge in [0.2, 0.25) is 11.8 Å². The van der Waals surface area contributed by atoms with Crippen molar-refractivity contribution in [1.82, 2.24) is 15.2 Å². The summed E-state index contributed by atoms with van der Waals surface area (Å²) in [4.78, 5) is 21.0. The molecule has 6 heteroatoms. The SMILES string of the molecule is CCCc1noc(CCC(=O)N2CCCO2)n1. The Morgan fingerprint density at radius 3 is 3.06 bits per heavy atom. The summed E-state index contributed by atoms with van der Waals surface area (Å²) in [6.07, 6.45) is 3.54. The maximum absolute atomic E-state index is 11.7. The van der Waals surface area contributed by atoms with Crippen LogP contribution in [-0.4, -0.2) is 34.3 Å². The molecule has 1 aromatic rings. The minimum Gasteiger partial charge on any atom is -0.339 e. The Balaban J connectivity index is 1.78. The first-order valence-electron chi connectivity index (χ1n) is 6.04. The van der Waals surface area contributed by atoms with Crippen LogP contribution in [0.1, 0.15) is 37.9 Å². The highest BCUT2D eigenvalue weighted by atomic mass is 16.7. The lowest BCUT2D eigenvalue weighted by atomic mass is 10.3. The summed E-state index contributed by atoms with van der Waals surface area (Å²) in [7, 11) is 0. The summed E-state index contributed by atoms with van der Waals surface area (Å²) < 4.78 is 5.06. The Morgan fingerprint density at radius 1 is 1.47 bits per heavy atom. The fourth-order valence-corrected chi connectivity index (χ4v) is 1.70. The van der Waals surface area contributed by atoms with E-state index in [1.807, 2.05) is 0 Å². The number of hydroxylamine groups is 2. The van der Waals surface area contributed by atoms with Crippen molar-refractivity contribution in [2.24, 2.45) is 0 Å². The number of aromatic nitrogens is 2. The van der Waals surface area contributed by atoms with E-state index in [1.54, 1.807) is 0 Å². The lowest BCUT2D eigenvalue weighted by Crippen LogP contribution is -2.26. The molecule has 0 unspecified atom stereocenters. The van der Waals surface area contributed by atoms with E-state index < -0.39 is 0 Å². The van der Waals surface area contributed by atoms with Crippen LogP contribution in [-0.2, 0) is 22.5 Å². The van der Waals surface area contributed by atoms with Gasteiger partial charge in [0.25, 0.3) is 0 Å². The molecule has 6 nitrogen and oxygen atoms in total. The minimum atomic E-state index is -0.0160. The Bertz CT molecular complexity index is 372. The lowest BCUT2D eigenvalue weighted by molar-refractivity contribution is -0.168. The Morgan fingerprint density at radius 2 is 2.35 bits per heavy atom. The van der Waals surface area contributed by atoms with Crippen LogP contribution in [0.2, 0.25) is 0 Å². The molecule has 1 saturated heterocycles. The van der Waals surface area contributed by atoms with Crippen LogP contribution in [0.5, 0.6) is 0 Å². The fraction of sp³-hybridized carbons (Fsp3) is 0.727. The van der Waals surface area contributed by atoms with Crippen molar-refractivity contribution in [3.63, 3.8) is 0 Å². The van der Waals surface area contributed by atoms with Gasteiger partial charge < -0.3 is 4.52 Å². The maximum Gasteiger partial charge on any atom is 0.246 e. The normalized spacial score (nSPS) is 15.5. The lowest BCUT2D eigenvalue weighted by Gasteiger charge is -2.12. The van der Waals surface area contributed by atoms with Gasteiger partial charge in [0.15, 0.2) is 5.82 Å². The van der Waals surface area contributed by atoms with E-state index in [0.717, 1.165) is 19.3 Å². The molecule has 1 aromatic heterocycles. The number of nitrogens with zero attached hydrogens (tertiary/aromatic N) is 3. The molecule has 1 aliphatic heterocycles. The molecule has 1 fully saturated rings. The summed E-state index contributed by atoms with van der Waals surface area (Å²) in [5, 5.41) is 5.26. The predicted octanol–water partition coefficient (Wildman–Crippen LogP) is 1.12. The molecule has 0 saturated carbocycles. The van der Waals surface area contributed by atoms with Crippen LogP contribution in [0.4, 0.5) is 0 Å². The Hall–Kier alpha value is -1.43. The van der Waals surface area contributed by atoms with Gasteiger partial charge in [0, 0.05) is 19.3 Å². The van der Waals surface area contributed by atoms with Crippen molar-refractivity contribution in [2.45, 2.75) is 39.0 Å². The zero-order valence-corrected chi connectivity index (χ0v) is 10.0. The average molecular weight is 239 g/mol. The molecule has 1 amide bonds. The van der Waals surface area contributed by atoms with E-state index in [-0.39, 0.29) is 5.91 Å². The van der Waals surface area contributed by atoms with Gasteiger partial charge in [-0.25, -0.2) is 5.06 Å². The topological polar surface area (TPSA) is 68.5 Å². The van der Waals surface area contributed by atoms with Gasteiger partial charge in [-0.1, -0.05) is 12.1 Å². The number of aryl methyl sites for hydroxylation is 2. The van der Waals surface area contributed by atoms with Gasteiger partial charge in [0.1, 0.15) is 0 Å². The molecule has 17 heavy (non-hydrogen) atoms. The minimum absolute atomic E-state index is 0.0160. The van der Waals surface area contributed by atoms with Gasteiger partial charge in [-0.05, 0) is 12.8 Å². The second kappa shape index (κ2) is 5.77. The molecule has 2 rings (SSSR count). The van der Waals surface area contributed by atoms with E-state index in [1.165, 1.54) is 5.06 Å². The molecular weight excluding hydrogens is 222 g/mol. The molecule has 0 N–H and O–H groups in total. The zero-order chi connectivity index (χ0) is 12.1. The van der Waals surface area contributed by atoms with E-state index in [9.17, 15) is 4.79 Å². The Kier molecular flexibility index (Phi) is 4.08. The second-order valence-electron chi connectivity index (χ2n) is 4.04. The van der Waals surface area contributed by atoms with Crippen LogP contribution in [0.25, 0.3) is 0 Å². The van der Waals surface area contributed by atoms with Gasteiger partial charge >= 0.3 is 0 Å². The van der Waals surface area contributed by atoms with Crippen LogP contribution in [0.15, 0.2) is 4.52 Å². The summed E-state index contributed by atoms with van der Waals surface area (Å²) in [6.45, 7) is 3.38. The highest BCUT2D eigenvalue weighted by molar-refractivity contribution is 5.75. The summed E-state index contributed by atoms with van der Waals surface area (Å²) in [5.41, 5.74) is 0. The quantitative estimate of drug-likeness (QED) is 0.770. The molecule has 0 atom stereocenters. The highest BCUT2D eigenvalue weighted by Gasteiger charge is 2.19.